The lowest BCUT2D eigenvalue weighted by molar-refractivity contribution is -0.0999. The Morgan fingerprint density at radius 3 is 2.57 bits per heavy atom. The van der Waals surface area contributed by atoms with Gasteiger partial charge in [-0.3, -0.25) is 0 Å². The Kier molecular flexibility index (Phi) is 4.70. The van der Waals surface area contributed by atoms with Crippen LogP contribution in [0, 0.1) is 5.41 Å². The van der Waals surface area contributed by atoms with Crippen LogP contribution in [0.4, 0.5) is 0 Å². The highest BCUT2D eigenvalue weighted by Gasteiger charge is 2.33. The number of hydrogen-bond donors (Lipinski definition) is 2. The Morgan fingerprint density at radius 1 is 1.57 bits per heavy atom. The summed E-state index contributed by atoms with van der Waals surface area (Å²) in [5, 5.41) is 12.9. The monoisotopic (exact) mass is 219 g/mol. The molecule has 0 spiro atoms. The molecular weight excluding hydrogens is 198 g/mol. The van der Waals surface area contributed by atoms with Gasteiger partial charge < -0.3 is 15.2 Å². The van der Waals surface area contributed by atoms with Gasteiger partial charge in [-0.15, -0.1) is 0 Å². The third-order valence-corrected chi connectivity index (χ3v) is 3.96. The highest BCUT2D eigenvalue weighted by Crippen LogP contribution is 2.25. The Balaban J connectivity index is 2.22. The van der Waals surface area contributed by atoms with Crippen LogP contribution in [0.1, 0.15) is 13.8 Å². The van der Waals surface area contributed by atoms with E-state index in [1.165, 1.54) is 0 Å². The lowest BCUT2D eigenvalue weighted by atomic mass is 9.88. The summed E-state index contributed by atoms with van der Waals surface area (Å²) in [5.74, 6) is 0. The Bertz CT molecular complexity index is 170. The molecule has 0 saturated carbocycles. The average molecular weight is 219 g/mol. The molecular formula is C10H21NO2S. The normalized spacial score (nSPS) is 24.0. The van der Waals surface area contributed by atoms with Crippen LogP contribution in [0.5, 0.6) is 0 Å². The molecule has 1 saturated heterocycles. The summed E-state index contributed by atoms with van der Waals surface area (Å²) in [6, 6.07) is 0.354. The Labute approximate surface area is 90.6 Å². The van der Waals surface area contributed by atoms with Crippen LogP contribution in [0.25, 0.3) is 0 Å². The van der Waals surface area contributed by atoms with Gasteiger partial charge in [-0.25, -0.2) is 0 Å². The van der Waals surface area contributed by atoms with E-state index in [-0.39, 0.29) is 6.61 Å². The van der Waals surface area contributed by atoms with Gasteiger partial charge in [-0.1, -0.05) is 6.92 Å². The number of aliphatic hydroxyl groups excluding tert-OH is 1. The van der Waals surface area contributed by atoms with E-state index in [1.54, 1.807) is 11.8 Å². The van der Waals surface area contributed by atoms with E-state index in [1.807, 2.05) is 6.26 Å². The molecule has 0 aliphatic carbocycles. The molecule has 1 aliphatic heterocycles. The van der Waals surface area contributed by atoms with Gasteiger partial charge in [0.25, 0.3) is 0 Å². The van der Waals surface area contributed by atoms with Crippen molar-refractivity contribution < 1.29 is 9.84 Å². The molecule has 0 aromatic rings. The molecule has 1 aliphatic rings. The molecule has 1 rings (SSSR count). The molecule has 1 fully saturated rings. The van der Waals surface area contributed by atoms with Crippen molar-refractivity contribution in [2.75, 3.05) is 32.6 Å². The van der Waals surface area contributed by atoms with Gasteiger partial charge in [0.1, 0.15) is 0 Å². The van der Waals surface area contributed by atoms with Crippen LogP contribution in [-0.2, 0) is 4.74 Å². The predicted molar refractivity (Wildman–Crippen MR) is 60.8 cm³/mol. The van der Waals surface area contributed by atoms with Gasteiger partial charge in [-0.05, 0) is 13.2 Å². The first-order valence-electron chi connectivity index (χ1n) is 5.06. The van der Waals surface area contributed by atoms with Crippen LogP contribution in [0.15, 0.2) is 0 Å². The van der Waals surface area contributed by atoms with Crippen LogP contribution < -0.4 is 5.32 Å². The van der Waals surface area contributed by atoms with Crippen molar-refractivity contribution in [2.45, 2.75) is 25.1 Å². The summed E-state index contributed by atoms with van der Waals surface area (Å²) >= 11 is 1.71. The molecule has 0 amide bonds. The molecule has 14 heavy (non-hydrogen) atoms. The molecule has 0 aromatic carbocycles. The second-order valence-corrected chi connectivity index (χ2v) is 5.51. The fraction of sp³-hybridized carbons (Fsp3) is 1.00. The molecule has 0 radical (unpaired) electrons. The third kappa shape index (κ3) is 3.12. The van der Waals surface area contributed by atoms with Crippen molar-refractivity contribution in [2.24, 2.45) is 5.41 Å². The zero-order valence-corrected chi connectivity index (χ0v) is 10.1. The van der Waals surface area contributed by atoms with Crippen molar-refractivity contribution in [1.82, 2.24) is 5.32 Å². The van der Waals surface area contributed by atoms with Crippen molar-refractivity contribution in [3.05, 3.63) is 0 Å². The van der Waals surface area contributed by atoms with Gasteiger partial charge >= 0.3 is 0 Å². The van der Waals surface area contributed by atoms with Crippen LogP contribution in [0.3, 0.4) is 0 Å². The zero-order chi connectivity index (χ0) is 10.6. The molecule has 2 N–H and O–H groups in total. The van der Waals surface area contributed by atoms with Crippen molar-refractivity contribution in [3.8, 4) is 0 Å². The topological polar surface area (TPSA) is 41.5 Å². The van der Waals surface area contributed by atoms with Gasteiger partial charge in [0.2, 0.25) is 0 Å². The standard InChI is InChI=1S/C10H21NO2S/c1-8(9(4-12)14-3)11-5-10(2)6-13-7-10/h8-9,11-12H,4-7H2,1-3H3. The maximum atomic E-state index is 9.11. The summed E-state index contributed by atoms with van der Waals surface area (Å²) in [6.07, 6.45) is 2.03. The number of thioether (sulfide) groups is 1. The fourth-order valence-corrected chi connectivity index (χ4v) is 2.18. The largest absolute Gasteiger partial charge is 0.395 e. The van der Waals surface area contributed by atoms with Gasteiger partial charge in [0.15, 0.2) is 0 Å². The van der Waals surface area contributed by atoms with E-state index < -0.39 is 0 Å². The molecule has 84 valence electrons. The zero-order valence-electron chi connectivity index (χ0n) is 9.25. The van der Waals surface area contributed by atoms with E-state index in [4.69, 9.17) is 9.84 Å². The van der Waals surface area contributed by atoms with Crippen molar-refractivity contribution >= 4 is 11.8 Å². The Hall–Kier alpha value is 0.230. The minimum absolute atomic E-state index is 0.239. The lowest BCUT2D eigenvalue weighted by Gasteiger charge is -2.39. The van der Waals surface area contributed by atoms with Crippen molar-refractivity contribution in [3.63, 3.8) is 0 Å². The molecule has 3 nitrogen and oxygen atoms in total. The first kappa shape index (κ1) is 12.3. The van der Waals surface area contributed by atoms with Crippen LogP contribution in [-0.4, -0.2) is 49.0 Å². The maximum absolute atomic E-state index is 9.11. The molecule has 0 bridgehead atoms. The van der Waals surface area contributed by atoms with Gasteiger partial charge in [0.05, 0.1) is 19.8 Å². The maximum Gasteiger partial charge on any atom is 0.0564 e. The van der Waals surface area contributed by atoms with E-state index in [2.05, 4.69) is 19.2 Å². The van der Waals surface area contributed by atoms with Gasteiger partial charge in [0, 0.05) is 23.3 Å². The number of rotatable bonds is 6. The quantitative estimate of drug-likeness (QED) is 0.691. The first-order valence-corrected chi connectivity index (χ1v) is 6.35. The minimum atomic E-state index is 0.239. The average Bonchev–Trinajstić information content (AvgIpc) is 2.13. The van der Waals surface area contributed by atoms with Crippen LogP contribution in [0.2, 0.25) is 0 Å². The molecule has 1 heterocycles. The second kappa shape index (κ2) is 5.35. The second-order valence-electron chi connectivity index (χ2n) is 4.43. The highest BCUT2D eigenvalue weighted by atomic mass is 32.2. The fourth-order valence-electron chi connectivity index (χ4n) is 1.53. The van der Waals surface area contributed by atoms with Crippen LogP contribution >= 0.6 is 11.8 Å². The first-order chi connectivity index (χ1) is 6.61. The highest BCUT2D eigenvalue weighted by molar-refractivity contribution is 7.99. The Morgan fingerprint density at radius 2 is 2.21 bits per heavy atom. The molecule has 4 heteroatoms. The smallest absolute Gasteiger partial charge is 0.0564 e. The minimum Gasteiger partial charge on any atom is -0.395 e. The third-order valence-electron chi connectivity index (χ3n) is 2.79. The number of ether oxygens (including phenoxy) is 1. The van der Waals surface area contributed by atoms with E-state index in [0.29, 0.717) is 16.7 Å². The number of hydrogen-bond acceptors (Lipinski definition) is 4. The summed E-state index contributed by atoms with van der Waals surface area (Å²) in [7, 11) is 0. The summed E-state index contributed by atoms with van der Waals surface area (Å²) < 4.78 is 5.19. The molecule has 2 unspecified atom stereocenters. The van der Waals surface area contributed by atoms with E-state index >= 15 is 0 Å². The SMILES string of the molecule is CSC(CO)C(C)NCC1(C)COC1. The van der Waals surface area contributed by atoms with Gasteiger partial charge in [-0.2, -0.15) is 11.8 Å². The number of aliphatic hydroxyl groups is 1. The predicted octanol–water partition coefficient (Wildman–Crippen LogP) is 0.725. The summed E-state index contributed by atoms with van der Waals surface area (Å²) in [4.78, 5) is 0. The molecule has 2 atom stereocenters. The summed E-state index contributed by atoms with van der Waals surface area (Å²) in [5.41, 5.74) is 0.312. The van der Waals surface area contributed by atoms with E-state index in [9.17, 15) is 0 Å². The summed E-state index contributed by atoms with van der Waals surface area (Å²) in [6.45, 7) is 7.28. The number of nitrogens with one attached hydrogen (secondary N) is 1. The molecule has 0 aromatic heterocycles. The lowest BCUT2D eigenvalue weighted by Crippen LogP contribution is -2.51. The van der Waals surface area contributed by atoms with E-state index in [0.717, 1.165) is 19.8 Å². The van der Waals surface area contributed by atoms with Crippen molar-refractivity contribution in [1.29, 1.82) is 0 Å².